The highest BCUT2D eigenvalue weighted by Crippen LogP contribution is 2.12. The van der Waals surface area contributed by atoms with Crippen molar-refractivity contribution >= 4 is 17.7 Å². The predicted octanol–water partition coefficient (Wildman–Crippen LogP) is 0.148. The van der Waals surface area contributed by atoms with Crippen LogP contribution in [-0.4, -0.2) is 41.1 Å². The number of carbonyl (C=O) groups excluding carboxylic acids is 2. The van der Waals surface area contributed by atoms with Crippen molar-refractivity contribution in [2.24, 2.45) is 5.92 Å². The lowest BCUT2D eigenvalue weighted by Gasteiger charge is -2.12. The second-order valence-corrected chi connectivity index (χ2v) is 3.34. The van der Waals surface area contributed by atoms with Crippen molar-refractivity contribution in [3.63, 3.8) is 0 Å². The summed E-state index contributed by atoms with van der Waals surface area (Å²) in [6.45, 7) is 2.76. The zero-order valence-corrected chi connectivity index (χ0v) is 9.42. The monoisotopic (exact) mass is 244 g/mol. The molecule has 0 aliphatic heterocycles. The van der Waals surface area contributed by atoms with E-state index in [0.29, 0.717) is 0 Å². The molecule has 0 aliphatic rings. The first-order valence-corrected chi connectivity index (χ1v) is 5.18. The quantitative estimate of drug-likeness (QED) is 0.340. The fraction of sp³-hybridized carbons (Fsp3) is 0.545. The fourth-order valence-corrected chi connectivity index (χ4v) is 1.22. The van der Waals surface area contributed by atoms with Gasteiger partial charge in [-0.15, -0.1) is 0 Å². The highest BCUT2D eigenvalue weighted by molar-refractivity contribution is 6.04. The van der Waals surface area contributed by atoms with Gasteiger partial charge in [0.15, 0.2) is 5.78 Å². The van der Waals surface area contributed by atoms with E-state index in [0.717, 1.165) is 6.08 Å². The van der Waals surface area contributed by atoms with Crippen LogP contribution in [-0.2, 0) is 19.1 Å². The maximum absolute atomic E-state index is 11.4. The largest absolute Gasteiger partial charge is 0.481 e. The third-order valence-electron chi connectivity index (χ3n) is 2.05. The van der Waals surface area contributed by atoms with Gasteiger partial charge < -0.3 is 14.9 Å². The Hall–Kier alpha value is -1.69. The number of hydrogen-bond donors (Lipinski definition) is 2. The van der Waals surface area contributed by atoms with E-state index in [1.165, 1.54) is 0 Å². The van der Waals surface area contributed by atoms with Gasteiger partial charge in [-0.2, -0.15) is 0 Å². The normalized spacial score (nSPS) is 11.6. The van der Waals surface area contributed by atoms with Crippen molar-refractivity contribution in [1.29, 1.82) is 0 Å². The molecule has 0 saturated heterocycles. The number of hydrogen-bond acceptors (Lipinski definition) is 5. The molecule has 0 fully saturated rings. The molecule has 17 heavy (non-hydrogen) atoms. The molecule has 6 nitrogen and oxygen atoms in total. The first-order chi connectivity index (χ1) is 8.02. The van der Waals surface area contributed by atoms with Gasteiger partial charge in [-0.05, 0) is 18.9 Å². The lowest BCUT2D eigenvalue weighted by molar-refractivity contribution is -0.152. The maximum atomic E-state index is 11.4. The Balaban J connectivity index is 4.32. The van der Waals surface area contributed by atoms with Crippen molar-refractivity contribution in [2.45, 2.75) is 19.3 Å². The molecule has 0 aromatic carbocycles. The number of carboxylic acids is 1. The van der Waals surface area contributed by atoms with Crippen LogP contribution in [0.5, 0.6) is 0 Å². The van der Waals surface area contributed by atoms with Crippen molar-refractivity contribution in [3.8, 4) is 0 Å². The van der Waals surface area contributed by atoms with Gasteiger partial charge in [-0.1, -0.05) is 6.58 Å². The van der Waals surface area contributed by atoms with Crippen LogP contribution in [0.4, 0.5) is 0 Å². The lowest BCUT2D eigenvalue weighted by atomic mass is 9.97. The Kier molecular flexibility index (Phi) is 7.62. The number of aliphatic carboxylic acids is 1. The number of rotatable bonds is 9. The van der Waals surface area contributed by atoms with Gasteiger partial charge in [-0.3, -0.25) is 14.4 Å². The van der Waals surface area contributed by atoms with Gasteiger partial charge in [0.05, 0.1) is 6.61 Å². The van der Waals surface area contributed by atoms with Crippen LogP contribution in [0, 0.1) is 5.92 Å². The molecule has 0 aromatic heterocycles. The van der Waals surface area contributed by atoms with Gasteiger partial charge in [-0.25, -0.2) is 0 Å². The minimum Gasteiger partial charge on any atom is -0.481 e. The minimum atomic E-state index is -1.03. The van der Waals surface area contributed by atoms with Gasteiger partial charge in [0.1, 0.15) is 12.5 Å². The third-order valence-corrected chi connectivity index (χ3v) is 2.05. The first kappa shape index (κ1) is 15.3. The van der Waals surface area contributed by atoms with Crippen molar-refractivity contribution in [3.05, 3.63) is 12.7 Å². The Labute approximate surface area is 98.9 Å². The van der Waals surface area contributed by atoms with Crippen LogP contribution in [0.2, 0.25) is 0 Å². The highest BCUT2D eigenvalue weighted by atomic mass is 16.5. The van der Waals surface area contributed by atoms with E-state index in [-0.39, 0.29) is 32.5 Å². The summed E-state index contributed by atoms with van der Waals surface area (Å²) in [4.78, 5) is 33.1. The number of ketones is 1. The molecule has 0 spiro atoms. The number of carboxylic acid groups (broad SMARTS) is 1. The smallest absolute Gasteiger partial charge is 0.316 e. The first-order valence-electron chi connectivity index (χ1n) is 5.18. The summed E-state index contributed by atoms with van der Waals surface area (Å²) in [5.74, 6) is -3.27. The molecule has 0 saturated carbocycles. The number of aliphatic hydroxyl groups is 1. The number of ether oxygens (including phenoxy) is 1. The molecule has 0 heterocycles. The summed E-state index contributed by atoms with van der Waals surface area (Å²) in [6, 6.07) is 0. The SMILES string of the molecule is C=CC(=O)C(CCCC(=O)O)C(=O)OCCO. The maximum Gasteiger partial charge on any atom is 0.316 e. The zero-order chi connectivity index (χ0) is 13.3. The standard InChI is InChI=1S/C11H16O6/c1-2-9(13)8(4-3-5-10(14)15)11(16)17-7-6-12/h2,8,12H,1,3-7H2,(H,14,15). The van der Waals surface area contributed by atoms with Crippen molar-refractivity contribution < 1.29 is 29.3 Å². The van der Waals surface area contributed by atoms with Crippen LogP contribution in [0.3, 0.4) is 0 Å². The third kappa shape index (κ3) is 6.47. The van der Waals surface area contributed by atoms with Gasteiger partial charge in [0, 0.05) is 6.42 Å². The molecule has 0 bridgehead atoms. The molecular weight excluding hydrogens is 228 g/mol. The van der Waals surface area contributed by atoms with E-state index in [1.807, 2.05) is 0 Å². The van der Waals surface area contributed by atoms with Crippen molar-refractivity contribution in [1.82, 2.24) is 0 Å². The Morgan fingerprint density at radius 2 is 2.00 bits per heavy atom. The zero-order valence-electron chi connectivity index (χ0n) is 9.42. The van der Waals surface area contributed by atoms with Crippen LogP contribution in [0.15, 0.2) is 12.7 Å². The van der Waals surface area contributed by atoms with E-state index in [9.17, 15) is 14.4 Å². The Morgan fingerprint density at radius 1 is 1.35 bits per heavy atom. The predicted molar refractivity (Wildman–Crippen MR) is 58.2 cm³/mol. The topological polar surface area (TPSA) is 101 Å². The highest BCUT2D eigenvalue weighted by Gasteiger charge is 2.25. The van der Waals surface area contributed by atoms with E-state index < -0.39 is 23.6 Å². The van der Waals surface area contributed by atoms with Crippen LogP contribution in [0.1, 0.15) is 19.3 Å². The average molecular weight is 244 g/mol. The lowest BCUT2D eigenvalue weighted by Crippen LogP contribution is -2.26. The Morgan fingerprint density at radius 3 is 2.47 bits per heavy atom. The summed E-state index contributed by atoms with van der Waals surface area (Å²) in [6.07, 6.45) is 1.19. The second-order valence-electron chi connectivity index (χ2n) is 3.34. The molecule has 1 atom stereocenters. The van der Waals surface area contributed by atoms with E-state index in [1.54, 1.807) is 0 Å². The van der Waals surface area contributed by atoms with Gasteiger partial charge in [0.25, 0.3) is 0 Å². The summed E-state index contributed by atoms with van der Waals surface area (Å²) in [7, 11) is 0. The number of carbonyl (C=O) groups is 3. The molecule has 1 unspecified atom stereocenters. The number of aliphatic hydroxyl groups excluding tert-OH is 1. The van der Waals surface area contributed by atoms with Crippen LogP contribution >= 0.6 is 0 Å². The summed E-state index contributed by atoms with van der Waals surface area (Å²) >= 11 is 0. The fourth-order valence-electron chi connectivity index (χ4n) is 1.22. The summed E-state index contributed by atoms with van der Waals surface area (Å²) < 4.78 is 4.63. The van der Waals surface area contributed by atoms with Crippen LogP contribution < -0.4 is 0 Å². The van der Waals surface area contributed by atoms with E-state index in [4.69, 9.17) is 10.2 Å². The summed E-state index contributed by atoms with van der Waals surface area (Å²) in [5.41, 5.74) is 0. The molecule has 2 N–H and O–H groups in total. The van der Waals surface area contributed by atoms with Crippen molar-refractivity contribution in [2.75, 3.05) is 13.2 Å². The Bertz CT molecular complexity index is 296. The van der Waals surface area contributed by atoms with E-state index in [2.05, 4.69) is 11.3 Å². The molecular formula is C11H16O6. The van der Waals surface area contributed by atoms with E-state index >= 15 is 0 Å². The minimum absolute atomic E-state index is 0.0986. The molecule has 0 radical (unpaired) electrons. The second kappa shape index (κ2) is 8.46. The van der Waals surface area contributed by atoms with Gasteiger partial charge in [0.2, 0.25) is 0 Å². The molecule has 0 amide bonds. The average Bonchev–Trinajstić information content (AvgIpc) is 2.30. The number of esters is 1. The van der Waals surface area contributed by atoms with Crippen LogP contribution in [0.25, 0.3) is 0 Å². The molecule has 96 valence electrons. The summed E-state index contributed by atoms with van der Waals surface area (Å²) in [5, 5.41) is 16.9. The molecule has 0 aliphatic carbocycles. The number of allylic oxidation sites excluding steroid dienone is 1. The van der Waals surface area contributed by atoms with Gasteiger partial charge >= 0.3 is 11.9 Å². The molecule has 6 heteroatoms. The molecule has 0 aromatic rings. The molecule has 0 rings (SSSR count).